The lowest BCUT2D eigenvalue weighted by Crippen LogP contribution is -2.26. The molecule has 29 nitrogen and oxygen atoms in total. The molecule has 8 heterocycles. The van der Waals surface area contributed by atoms with Gasteiger partial charge >= 0.3 is 0 Å². The summed E-state index contributed by atoms with van der Waals surface area (Å²) in [6, 6.07) is 66.0. The molecule has 16 aromatic rings. The molecule has 8 aromatic heterocycles. The first-order valence-corrected chi connectivity index (χ1v) is 45.9. The molecule has 0 saturated heterocycles. The fourth-order valence-electron chi connectivity index (χ4n) is 13.9. The van der Waals surface area contributed by atoms with Gasteiger partial charge in [0.15, 0.2) is 11.7 Å². The van der Waals surface area contributed by atoms with Crippen LogP contribution in [0.1, 0.15) is 128 Å². The van der Waals surface area contributed by atoms with Crippen molar-refractivity contribution in [3.8, 4) is 22.7 Å². The number of nitrogens with zero attached hydrogens (tertiary/aromatic N) is 12. The van der Waals surface area contributed by atoms with Crippen LogP contribution < -0.4 is 40.6 Å². The molecular formula is C92H97F2N19O10S4. The number of sulfonamides is 4. The molecule has 0 atom stereocenters. The highest BCUT2D eigenvalue weighted by molar-refractivity contribution is 7.93. The number of nitrogens with one attached hydrogen (secondary N) is 5. The van der Waals surface area contributed by atoms with Crippen molar-refractivity contribution in [2.75, 3.05) is 30.4 Å². The van der Waals surface area contributed by atoms with E-state index < -0.39 is 53.4 Å². The number of hydrogen-bond acceptors (Lipinski definition) is 19. The summed E-state index contributed by atoms with van der Waals surface area (Å²) in [6.07, 6.45) is 3.04. The van der Waals surface area contributed by atoms with E-state index in [0.717, 1.165) is 38.5 Å². The molecule has 0 bridgehead atoms. The van der Waals surface area contributed by atoms with Crippen LogP contribution in [0, 0.1) is 24.5 Å². The smallest absolute Gasteiger partial charge is 0.263 e. The average Bonchev–Trinajstić information content (AvgIpc) is 1.75. The van der Waals surface area contributed by atoms with Crippen molar-refractivity contribution < 1.29 is 52.4 Å². The van der Waals surface area contributed by atoms with Crippen LogP contribution in [0.15, 0.2) is 269 Å². The Hall–Kier alpha value is -13.9. The van der Waals surface area contributed by atoms with Gasteiger partial charge in [-0.15, -0.1) is 0 Å². The normalized spacial score (nSPS) is 12.3. The number of fused-ring (bicyclic) bond motifs is 4. The number of aromatic nitrogens is 12. The number of nitrogens with two attached hydrogens (primary N) is 2. The third-order valence-electron chi connectivity index (χ3n) is 20.7. The first-order chi connectivity index (χ1) is 59.7. The van der Waals surface area contributed by atoms with Crippen molar-refractivity contribution >= 4 is 118 Å². The van der Waals surface area contributed by atoms with Crippen molar-refractivity contribution in [3.05, 3.63) is 305 Å². The zero-order chi connectivity index (χ0) is 91.8. The van der Waals surface area contributed by atoms with Crippen LogP contribution in [0.4, 0.5) is 43.6 Å². The molecule has 10 N–H and O–H groups in total. The number of alkyl halides is 2. The van der Waals surface area contributed by atoms with Crippen LogP contribution in [0.2, 0.25) is 0 Å². The van der Waals surface area contributed by atoms with Gasteiger partial charge in [0.25, 0.3) is 40.1 Å². The highest BCUT2D eigenvalue weighted by atomic mass is 32.2. The van der Waals surface area contributed by atoms with Crippen molar-refractivity contribution in [2.24, 2.45) is 0 Å². The predicted molar refractivity (Wildman–Crippen MR) is 492 cm³/mol. The maximum atomic E-state index is 13.4. The number of anilines is 6. The zero-order valence-corrected chi connectivity index (χ0v) is 75.4. The van der Waals surface area contributed by atoms with Crippen molar-refractivity contribution in [1.82, 2.24) is 53.8 Å². The summed E-state index contributed by atoms with van der Waals surface area (Å²) in [7, 11) is -15.6. The molecule has 35 heteroatoms. The molecule has 0 aliphatic heterocycles. The van der Waals surface area contributed by atoms with Gasteiger partial charge in [-0.3, -0.25) is 29.3 Å². The van der Waals surface area contributed by atoms with Crippen LogP contribution in [0.5, 0.6) is 0 Å². The molecule has 0 aliphatic carbocycles. The maximum absolute atomic E-state index is 13.4. The molecule has 0 aliphatic rings. The Balaban J connectivity index is 0.000000145. The Morgan fingerprint density at radius 2 is 0.764 bits per heavy atom. The summed E-state index contributed by atoms with van der Waals surface area (Å²) in [6.45, 7) is 26.6. The highest BCUT2D eigenvalue weighted by Crippen LogP contribution is 2.36. The summed E-state index contributed by atoms with van der Waals surface area (Å²) in [4.78, 5) is 9.19. The van der Waals surface area contributed by atoms with Crippen LogP contribution in [-0.4, -0.2) is 92.7 Å². The topological polar surface area (TPSA) is 410 Å². The minimum absolute atomic E-state index is 0.0583. The third-order valence-corrected chi connectivity index (χ3v) is 26.1. The highest BCUT2D eigenvalue weighted by Gasteiger charge is 2.28. The van der Waals surface area contributed by atoms with Gasteiger partial charge in [-0.05, 0) is 191 Å². The Kier molecular flexibility index (Phi) is 25.2. The molecular weight excluding hydrogens is 1700 g/mol. The number of aryl methyl sites for hydroxylation is 2. The van der Waals surface area contributed by atoms with E-state index in [-0.39, 0.29) is 86.8 Å². The van der Waals surface area contributed by atoms with Gasteiger partial charge in [0.1, 0.15) is 48.0 Å². The fraction of sp³-hybridized carbons (Fsp3) is 0.217. The van der Waals surface area contributed by atoms with Gasteiger partial charge in [-0.2, -0.15) is 29.9 Å². The monoisotopic (exact) mass is 1790 g/mol. The lowest BCUT2D eigenvalue weighted by molar-refractivity contribution is -0.577. The standard InChI is InChI=1S/C23H23FN4O3S.C23H23FN4O2S.C23H26N6O3S.C23H25N5O2S/c1-23(2,3)16-9-11-18(12-10-16)32(30,31)26-22-14-17(15-24)25-28(22)21-8-4-7-20-19(21)6-5-13-27(20)29;1-23(2,3)16-9-11-18(12-10-16)31(29,30)27-22-14-17(15-24)26-28(22)21-8-4-7-20-19(21)6-5-13-25-20;1-14-13-21(27-33(31,32)16-7-5-15(6-8-16)23(2,3)4)28(26-14)19-11-10-18(24)22-17(19)9-12-20(25)29(22)30;1-15-14-22(27-31(29,30)17-10-8-16(9-11-17)23(2,3)4)28(26-15)20-7-5-6-19-18(20)12-13-21(24)25-19/h4-14,26H,15H2,1-3H3;4-14,27H,15H2,1-3H3;5-13,25,27,30H,24H2,1-4H3;5-14,27H,1-4H3,(H2,24,25). The van der Waals surface area contributed by atoms with Crippen LogP contribution in [0.3, 0.4) is 0 Å². The van der Waals surface area contributed by atoms with Gasteiger partial charge in [-0.1, -0.05) is 150 Å². The number of pyridine rings is 4. The summed E-state index contributed by atoms with van der Waals surface area (Å²) in [5, 5.41) is 50.3. The van der Waals surface area contributed by atoms with E-state index in [1.807, 2.05) is 88.4 Å². The number of nitrogen functional groups attached to an aromatic ring is 2. The molecule has 0 fully saturated rings. The molecule has 0 saturated carbocycles. The first-order valence-electron chi connectivity index (χ1n) is 40.0. The summed E-state index contributed by atoms with van der Waals surface area (Å²) in [5.74, 6) is 1.23. The zero-order valence-electron chi connectivity index (χ0n) is 72.1. The van der Waals surface area contributed by atoms with Gasteiger partial charge in [0.2, 0.25) is 5.52 Å². The Bertz CT molecular complexity index is 7380. The van der Waals surface area contributed by atoms with E-state index in [1.165, 1.54) is 50.6 Å². The molecule has 0 radical (unpaired) electrons. The van der Waals surface area contributed by atoms with Gasteiger partial charge in [-0.25, -0.2) is 66.2 Å². The SMILES string of the molecule is CC(C)(C)c1ccc(S(=O)(=O)Nc2cc(CF)nn2-c2cccc3c2ccc[n+]3[O-])cc1.CC(C)(C)c1ccc(S(=O)(=O)Nc2cc(CF)nn2-c2cccc3ncccc23)cc1.Cc1cc(NS(=O)(=O)c2ccc(C(C)(C)C)cc2)n(-c2ccc(N)c3c2ccc(=N)n3O)n1.Cc1cc(NS(=O)(=O)c2ccc(C(C)(C)C)cc2)n(-c2cccc3nc(N)ccc23)n1. The largest absolute Gasteiger partial charge is 0.618 e. The van der Waals surface area contributed by atoms with Crippen LogP contribution >= 0.6 is 0 Å². The van der Waals surface area contributed by atoms with Gasteiger partial charge < -0.3 is 21.9 Å². The lowest BCUT2D eigenvalue weighted by atomic mass is 9.87. The van der Waals surface area contributed by atoms with Crippen LogP contribution in [-0.2, 0) is 75.1 Å². The number of halogens is 2. The number of hydrogen-bond donors (Lipinski definition) is 8. The van der Waals surface area contributed by atoms with Crippen molar-refractivity contribution in [3.63, 3.8) is 0 Å². The van der Waals surface area contributed by atoms with E-state index in [2.05, 4.69) is 112 Å². The maximum Gasteiger partial charge on any atom is 0.263 e. The molecule has 16 rings (SSSR count). The van der Waals surface area contributed by atoms with Crippen LogP contribution in [0.25, 0.3) is 66.4 Å². The lowest BCUT2D eigenvalue weighted by Gasteiger charge is -2.19. The average molecular weight is 1800 g/mol. The Morgan fingerprint density at radius 1 is 0.409 bits per heavy atom. The Labute approximate surface area is 734 Å². The van der Waals surface area contributed by atoms with Crippen molar-refractivity contribution in [1.29, 1.82) is 5.41 Å². The first kappa shape index (κ1) is 90.8. The summed E-state index contributed by atoms with van der Waals surface area (Å²) < 4.78 is 149. The van der Waals surface area contributed by atoms with E-state index in [0.29, 0.717) is 77.0 Å². The molecule has 0 unspecified atom stereocenters. The second-order valence-electron chi connectivity index (χ2n) is 34.3. The molecule has 0 amide bonds. The van der Waals surface area contributed by atoms with Gasteiger partial charge in [0, 0.05) is 58.8 Å². The second kappa shape index (κ2) is 35.3. The van der Waals surface area contributed by atoms with E-state index in [1.54, 1.807) is 163 Å². The number of benzene rings is 8. The molecule has 127 heavy (non-hydrogen) atoms. The summed E-state index contributed by atoms with van der Waals surface area (Å²) in [5.41, 5.74) is 21.5. The fourth-order valence-corrected chi connectivity index (χ4v) is 18.0. The number of rotatable bonds is 18. The minimum Gasteiger partial charge on any atom is -0.618 e. The van der Waals surface area contributed by atoms with Gasteiger partial charge in [0.05, 0.1) is 87.2 Å². The summed E-state index contributed by atoms with van der Waals surface area (Å²) >= 11 is 0. The predicted octanol–water partition coefficient (Wildman–Crippen LogP) is 17.2. The second-order valence-corrected chi connectivity index (χ2v) is 41.0. The third kappa shape index (κ3) is 20.1. The van der Waals surface area contributed by atoms with Crippen molar-refractivity contribution in [2.45, 2.75) is 152 Å². The quantitative estimate of drug-likeness (QED) is 0.0171. The van der Waals surface area contributed by atoms with E-state index in [4.69, 9.17) is 16.9 Å². The van der Waals surface area contributed by atoms with E-state index in [9.17, 15) is 52.9 Å². The molecule has 0 spiro atoms. The Morgan fingerprint density at radius 3 is 1.17 bits per heavy atom. The molecule has 8 aromatic carbocycles. The van der Waals surface area contributed by atoms with E-state index >= 15 is 0 Å². The molecule has 658 valence electrons. The minimum atomic E-state index is -3.96.